The highest BCUT2D eigenvalue weighted by Crippen LogP contribution is 2.47. The van der Waals surface area contributed by atoms with Crippen LogP contribution in [-0.4, -0.2) is 4.89 Å². The molecule has 23 heavy (non-hydrogen) atoms. The molecule has 0 fully saturated rings. The highest BCUT2D eigenvalue weighted by Gasteiger charge is 2.28. The molecule has 5 heteroatoms. The molecule has 2 aromatic carbocycles. The van der Waals surface area contributed by atoms with Crippen LogP contribution >= 0.6 is 7.82 Å². The molecule has 0 aliphatic carbocycles. The minimum atomic E-state index is -4.25. The van der Waals surface area contributed by atoms with Crippen LogP contribution in [0.1, 0.15) is 50.7 Å². The average molecular weight is 334 g/mol. The zero-order valence-electron chi connectivity index (χ0n) is 13.9. The number of phosphoric ester groups is 1. The minimum Gasteiger partial charge on any atom is -0.395 e. The Balaban J connectivity index is 2.32. The average Bonchev–Trinajstić information content (AvgIpc) is 2.46. The second kappa shape index (κ2) is 7.20. The highest BCUT2D eigenvalue weighted by atomic mass is 31.2. The molecule has 0 radical (unpaired) electrons. The molecule has 1 N–H and O–H groups in total. The van der Waals surface area contributed by atoms with Crippen molar-refractivity contribution in [1.29, 1.82) is 0 Å². The lowest BCUT2D eigenvalue weighted by Crippen LogP contribution is -2.05. The molecule has 2 rings (SSSR count). The summed E-state index contributed by atoms with van der Waals surface area (Å²) >= 11 is 0. The summed E-state index contributed by atoms with van der Waals surface area (Å²) in [6, 6.07) is 14.0. The van der Waals surface area contributed by atoms with Crippen LogP contribution in [0.4, 0.5) is 0 Å². The molecule has 0 aliphatic heterocycles. The third-order valence-electron chi connectivity index (χ3n) is 3.48. The minimum absolute atomic E-state index is 0.167. The molecule has 0 amide bonds. The van der Waals surface area contributed by atoms with E-state index in [1.165, 1.54) is 0 Å². The van der Waals surface area contributed by atoms with E-state index in [2.05, 4.69) is 13.8 Å². The fraction of sp³-hybridized carbons (Fsp3) is 0.333. The summed E-state index contributed by atoms with van der Waals surface area (Å²) in [5.41, 5.74) is 2.05. The largest absolute Gasteiger partial charge is 0.584 e. The number of benzene rings is 2. The van der Waals surface area contributed by atoms with Gasteiger partial charge in [0.05, 0.1) is 0 Å². The van der Waals surface area contributed by atoms with Crippen LogP contribution in [0, 0.1) is 0 Å². The Bertz CT molecular complexity index is 695. The van der Waals surface area contributed by atoms with Crippen LogP contribution < -0.4 is 9.05 Å². The van der Waals surface area contributed by atoms with E-state index < -0.39 is 7.82 Å². The van der Waals surface area contributed by atoms with Crippen molar-refractivity contribution in [2.45, 2.75) is 39.5 Å². The van der Waals surface area contributed by atoms with Gasteiger partial charge in [-0.05, 0) is 35.6 Å². The van der Waals surface area contributed by atoms with E-state index >= 15 is 0 Å². The summed E-state index contributed by atoms with van der Waals surface area (Å²) in [4.78, 5) is 10.1. The second-order valence-electron chi connectivity index (χ2n) is 6.03. The van der Waals surface area contributed by atoms with E-state index in [1.807, 2.05) is 26.0 Å². The van der Waals surface area contributed by atoms with Crippen LogP contribution in [0.15, 0.2) is 48.5 Å². The van der Waals surface area contributed by atoms with Crippen molar-refractivity contribution in [3.8, 4) is 11.5 Å². The monoisotopic (exact) mass is 334 g/mol. The van der Waals surface area contributed by atoms with Gasteiger partial charge in [0.2, 0.25) is 0 Å². The molecule has 1 atom stereocenters. The van der Waals surface area contributed by atoms with Gasteiger partial charge < -0.3 is 9.05 Å². The molecule has 0 saturated carbocycles. The van der Waals surface area contributed by atoms with Crippen LogP contribution in [0.5, 0.6) is 11.5 Å². The Labute approximate surface area is 137 Å². The van der Waals surface area contributed by atoms with E-state index in [-0.39, 0.29) is 5.92 Å². The molecule has 4 nitrogen and oxygen atoms in total. The van der Waals surface area contributed by atoms with E-state index in [4.69, 9.17) is 9.05 Å². The lowest BCUT2D eigenvalue weighted by Gasteiger charge is -2.21. The van der Waals surface area contributed by atoms with Crippen molar-refractivity contribution >= 4 is 7.82 Å². The maximum atomic E-state index is 12.3. The number of hydrogen-bond donors (Lipinski definition) is 1. The van der Waals surface area contributed by atoms with Crippen LogP contribution in [0.2, 0.25) is 0 Å². The number of phosphoric acid groups is 1. The maximum Gasteiger partial charge on any atom is 0.584 e. The summed E-state index contributed by atoms with van der Waals surface area (Å²) in [6.07, 6.45) is 0. The van der Waals surface area contributed by atoms with E-state index in [0.717, 1.165) is 11.1 Å². The first-order valence-electron chi connectivity index (χ1n) is 7.70. The third-order valence-corrected chi connectivity index (χ3v) is 4.35. The van der Waals surface area contributed by atoms with Crippen molar-refractivity contribution in [1.82, 2.24) is 0 Å². The molecular formula is C18H23O4P. The summed E-state index contributed by atoms with van der Waals surface area (Å²) in [5, 5.41) is 0. The molecule has 124 valence electrons. The van der Waals surface area contributed by atoms with Gasteiger partial charge in [-0.1, -0.05) is 58.0 Å². The van der Waals surface area contributed by atoms with Gasteiger partial charge in [0.15, 0.2) is 0 Å². The van der Waals surface area contributed by atoms with E-state index in [1.54, 1.807) is 36.4 Å². The molecule has 1 unspecified atom stereocenters. The predicted molar refractivity (Wildman–Crippen MR) is 92.1 cm³/mol. The summed E-state index contributed by atoms with van der Waals surface area (Å²) < 4.78 is 22.8. The molecule has 0 aliphatic rings. The maximum absolute atomic E-state index is 12.3. The van der Waals surface area contributed by atoms with Gasteiger partial charge in [-0.15, -0.1) is 0 Å². The van der Waals surface area contributed by atoms with Crippen molar-refractivity contribution in [3.05, 3.63) is 59.7 Å². The highest BCUT2D eigenvalue weighted by molar-refractivity contribution is 7.48. The Hall–Kier alpha value is -1.77. The first-order valence-corrected chi connectivity index (χ1v) is 9.19. The Morgan fingerprint density at radius 1 is 0.870 bits per heavy atom. The first-order chi connectivity index (χ1) is 10.8. The lowest BCUT2D eigenvalue weighted by molar-refractivity contribution is 0.289. The Kier molecular flexibility index (Phi) is 5.51. The predicted octanol–water partition coefficient (Wildman–Crippen LogP) is 5.49. The Morgan fingerprint density at radius 2 is 1.52 bits per heavy atom. The van der Waals surface area contributed by atoms with E-state index in [9.17, 15) is 9.46 Å². The van der Waals surface area contributed by atoms with Crippen LogP contribution in [0.25, 0.3) is 0 Å². The summed E-state index contributed by atoms with van der Waals surface area (Å²) in [6.45, 7) is 8.25. The number of rotatable bonds is 6. The number of para-hydroxylation sites is 1. The zero-order valence-corrected chi connectivity index (χ0v) is 14.8. The fourth-order valence-electron chi connectivity index (χ4n) is 2.52. The summed E-state index contributed by atoms with van der Waals surface area (Å²) in [7, 11) is -4.25. The Morgan fingerprint density at radius 3 is 2.09 bits per heavy atom. The van der Waals surface area contributed by atoms with E-state index in [0.29, 0.717) is 17.4 Å². The molecule has 0 spiro atoms. The molecule has 0 aromatic heterocycles. The van der Waals surface area contributed by atoms with Gasteiger partial charge in [-0.3, -0.25) is 4.89 Å². The third kappa shape index (κ3) is 4.60. The van der Waals surface area contributed by atoms with Crippen molar-refractivity contribution < 1.29 is 18.5 Å². The first kappa shape index (κ1) is 17.6. The van der Waals surface area contributed by atoms with Crippen LogP contribution in [0.3, 0.4) is 0 Å². The molecule has 0 heterocycles. The standard InChI is InChI=1S/C18H23O4P/c1-13(2)16-11-8-12-17(18(16)14(3)4)22-23(19,20)21-15-9-6-5-7-10-15/h5-14H,1-4H3,(H,19,20). The summed E-state index contributed by atoms with van der Waals surface area (Å²) in [5.74, 6) is 1.15. The number of hydrogen-bond acceptors (Lipinski definition) is 3. The van der Waals surface area contributed by atoms with Gasteiger partial charge in [0.1, 0.15) is 11.5 Å². The van der Waals surface area contributed by atoms with Crippen LogP contribution in [-0.2, 0) is 4.57 Å². The SMILES string of the molecule is CC(C)c1cccc(OP(=O)(O)Oc2ccccc2)c1C(C)C. The molecule has 2 aromatic rings. The van der Waals surface area contributed by atoms with Gasteiger partial charge in [-0.25, -0.2) is 4.57 Å². The normalized spacial score (nSPS) is 13.9. The van der Waals surface area contributed by atoms with Crippen molar-refractivity contribution in [2.75, 3.05) is 0 Å². The topological polar surface area (TPSA) is 55.8 Å². The lowest BCUT2D eigenvalue weighted by atomic mass is 9.90. The van der Waals surface area contributed by atoms with Gasteiger partial charge in [-0.2, -0.15) is 0 Å². The molecule has 0 bridgehead atoms. The van der Waals surface area contributed by atoms with Gasteiger partial charge >= 0.3 is 7.82 Å². The van der Waals surface area contributed by atoms with Crippen molar-refractivity contribution in [2.24, 2.45) is 0 Å². The van der Waals surface area contributed by atoms with Gasteiger partial charge in [0.25, 0.3) is 0 Å². The second-order valence-corrected chi connectivity index (χ2v) is 7.33. The fourth-order valence-corrected chi connectivity index (χ4v) is 3.35. The van der Waals surface area contributed by atoms with Crippen molar-refractivity contribution in [3.63, 3.8) is 0 Å². The smallest absolute Gasteiger partial charge is 0.395 e. The quantitative estimate of drug-likeness (QED) is 0.710. The van der Waals surface area contributed by atoms with Gasteiger partial charge in [0, 0.05) is 5.56 Å². The molecular weight excluding hydrogens is 311 g/mol. The molecule has 0 saturated heterocycles. The zero-order chi connectivity index (χ0) is 17.0.